The molecule has 1 N–H and O–H groups in total. The van der Waals surface area contributed by atoms with Gasteiger partial charge in [0.15, 0.2) is 0 Å². The number of carbonyl (C=O) groups excluding carboxylic acids is 1. The van der Waals surface area contributed by atoms with Crippen molar-refractivity contribution in [3.05, 3.63) is 58.1 Å². The summed E-state index contributed by atoms with van der Waals surface area (Å²) in [7, 11) is 0. The monoisotopic (exact) mass is 325 g/mol. The van der Waals surface area contributed by atoms with Crippen molar-refractivity contribution in [3.63, 3.8) is 0 Å². The molecule has 0 bridgehead atoms. The van der Waals surface area contributed by atoms with E-state index >= 15 is 0 Å². The maximum absolute atomic E-state index is 10.9. The minimum absolute atomic E-state index is 0.0683. The summed E-state index contributed by atoms with van der Waals surface area (Å²) < 4.78 is 0. The van der Waals surface area contributed by atoms with E-state index in [1.165, 1.54) is 6.92 Å². The van der Waals surface area contributed by atoms with Crippen LogP contribution in [0.3, 0.4) is 0 Å². The fourth-order valence-corrected chi connectivity index (χ4v) is 2.80. The quantitative estimate of drug-likeness (QED) is 0.778. The largest absolute Gasteiger partial charge is 0.326 e. The fraction of sp³-hybridized carbons (Fsp3) is 0.133. The lowest BCUT2D eigenvalue weighted by atomic mass is 10.2. The van der Waals surface area contributed by atoms with Crippen LogP contribution in [-0.4, -0.2) is 5.91 Å². The zero-order chi connectivity index (χ0) is 14.5. The molecule has 0 radical (unpaired) electrons. The molecule has 0 unspecified atom stereocenters. The molecule has 0 spiro atoms. The van der Waals surface area contributed by atoms with Gasteiger partial charge in [-0.2, -0.15) is 0 Å². The Hall–Kier alpha value is -1.16. The molecule has 0 heterocycles. The zero-order valence-electron chi connectivity index (χ0n) is 10.8. The number of halogens is 2. The highest BCUT2D eigenvalue weighted by Crippen LogP contribution is 2.28. The van der Waals surface area contributed by atoms with Gasteiger partial charge in [-0.1, -0.05) is 29.3 Å². The minimum Gasteiger partial charge on any atom is -0.326 e. The summed E-state index contributed by atoms with van der Waals surface area (Å²) in [5.41, 5.74) is 1.92. The van der Waals surface area contributed by atoms with E-state index in [0.717, 1.165) is 21.9 Å². The molecule has 104 valence electrons. The minimum atomic E-state index is -0.0683. The number of anilines is 1. The molecule has 0 aromatic heterocycles. The summed E-state index contributed by atoms with van der Waals surface area (Å²) in [6.45, 7) is 1.49. The first-order valence-corrected chi connectivity index (χ1v) is 7.73. The van der Waals surface area contributed by atoms with Crippen LogP contribution in [0.2, 0.25) is 10.0 Å². The second kappa shape index (κ2) is 7.02. The lowest BCUT2D eigenvalue weighted by molar-refractivity contribution is -0.114. The van der Waals surface area contributed by atoms with Gasteiger partial charge in [0.1, 0.15) is 0 Å². The highest BCUT2D eigenvalue weighted by Gasteiger charge is 2.01. The van der Waals surface area contributed by atoms with Gasteiger partial charge in [-0.25, -0.2) is 0 Å². The molecular weight excluding hydrogens is 313 g/mol. The van der Waals surface area contributed by atoms with Crippen molar-refractivity contribution < 1.29 is 4.79 Å². The molecule has 0 saturated carbocycles. The Morgan fingerprint density at radius 2 is 1.80 bits per heavy atom. The van der Waals surface area contributed by atoms with E-state index in [-0.39, 0.29) is 5.91 Å². The van der Waals surface area contributed by atoms with Crippen molar-refractivity contribution in [1.82, 2.24) is 0 Å². The molecule has 0 atom stereocenters. The molecule has 0 aliphatic heterocycles. The van der Waals surface area contributed by atoms with Crippen LogP contribution in [0, 0.1) is 0 Å². The first kappa shape index (κ1) is 15.2. The van der Waals surface area contributed by atoms with Crippen LogP contribution in [0.15, 0.2) is 47.4 Å². The van der Waals surface area contributed by atoms with E-state index in [9.17, 15) is 4.79 Å². The Morgan fingerprint density at radius 1 is 1.10 bits per heavy atom. The molecule has 5 heteroatoms. The number of nitrogens with one attached hydrogen (secondary N) is 1. The van der Waals surface area contributed by atoms with E-state index in [1.807, 2.05) is 36.4 Å². The molecule has 1 amide bonds. The van der Waals surface area contributed by atoms with Crippen LogP contribution in [0.4, 0.5) is 5.69 Å². The van der Waals surface area contributed by atoms with Crippen molar-refractivity contribution in [2.45, 2.75) is 17.6 Å². The Labute approximate surface area is 132 Å². The highest BCUT2D eigenvalue weighted by atomic mass is 35.5. The summed E-state index contributed by atoms with van der Waals surface area (Å²) in [4.78, 5) is 12.1. The summed E-state index contributed by atoms with van der Waals surface area (Å²) in [6.07, 6.45) is 0. The SMILES string of the molecule is CC(=O)Nc1ccc(SCc2ccc(Cl)c(Cl)c2)cc1. The lowest BCUT2D eigenvalue weighted by Crippen LogP contribution is -2.05. The third-order valence-corrected chi connectivity index (χ3v) is 4.39. The van der Waals surface area contributed by atoms with Crippen LogP contribution < -0.4 is 5.32 Å². The fourth-order valence-electron chi connectivity index (χ4n) is 1.63. The van der Waals surface area contributed by atoms with E-state index in [2.05, 4.69) is 5.32 Å². The molecule has 2 aromatic carbocycles. The number of thioether (sulfide) groups is 1. The number of amides is 1. The highest BCUT2D eigenvalue weighted by molar-refractivity contribution is 7.98. The lowest BCUT2D eigenvalue weighted by Gasteiger charge is -2.05. The number of carbonyl (C=O) groups is 1. The van der Waals surface area contributed by atoms with Gasteiger partial charge in [0.2, 0.25) is 5.91 Å². The Bertz CT molecular complexity index is 614. The van der Waals surface area contributed by atoms with Crippen LogP contribution in [0.25, 0.3) is 0 Å². The summed E-state index contributed by atoms with van der Waals surface area (Å²) in [5, 5.41) is 3.88. The topological polar surface area (TPSA) is 29.1 Å². The van der Waals surface area contributed by atoms with Gasteiger partial charge < -0.3 is 5.32 Å². The number of hydrogen-bond acceptors (Lipinski definition) is 2. The van der Waals surface area contributed by atoms with Crippen LogP contribution in [0.1, 0.15) is 12.5 Å². The van der Waals surface area contributed by atoms with Crippen molar-refractivity contribution in [1.29, 1.82) is 0 Å². The average molecular weight is 326 g/mol. The van der Waals surface area contributed by atoms with Gasteiger partial charge >= 0.3 is 0 Å². The molecule has 20 heavy (non-hydrogen) atoms. The Kier molecular flexibility index (Phi) is 5.35. The molecule has 2 rings (SSSR count). The normalized spacial score (nSPS) is 10.3. The molecule has 2 aromatic rings. The van der Waals surface area contributed by atoms with Gasteiger partial charge in [0.25, 0.3) is 0 Å². The van der Waals surface area contributed by atoms with E-state index in [0.29, 0.717) is 10.0 Å². The van der Waals surface area contributed by atoms with Crippen LogP contribution >= 0.6 is 35.0 Å². The van der Waals surface area contributed by atoms with Crippen molar-refractivity contribution in [2.75, 3.05) is 5.32 Å². The Balaban J connectivity index is 1.96. The molecule has 0 aliphatic rings. The maximum atomic E-state index is 10.9. The second-order valence-corrected chi connectivity index (χ2v) is 6.11. The predicted octanol–water partition coefficient (Wildman–Crippen LogP) is 5.24. The van der Waals surface area contributed by atoms with Crippen LogP contribution in [0.5, 0.6) is 0 Å². The summed E-state index contributed by atoms with van der Waals surface area (Å²) in [6, 6.07) is 13.4. The number of hydrogen-bond donors (Lipinski definition) is 1. The zero-order valence-corrected chi connectivity index (χ0v) is 13.1. The van der Waals surface area contributed by atoms with E-state index < -0.39 is 0 Å². The van der Waals surface area contributed by atoms with Gasteiger partial charge in [0, 0.05) is 23.3 Å². The van der Waals surface area contributed by atoms with E-state index in [1.54, 1.807) is 17.8 Å². The van der Waals surface area contributed by atoms with Crippen molar-refractivity contribution in [3.8, 4) is 0 Å². The molecule has 0 saturated heterocycles. The van der Waals surface area contributed by atoms with E-state index in [4.69, 9.17) is 23.2 Å². The van der Waals surface area contributed by atoms with Crippen molar-refractivity contribution >= 4 is 46.6 Å². The first-order chi connectivity index (χ1) is 9.54. The van der Waals surface area contributed by atoms with Gasteiger partial charge in [-0.3, -0.25) is 4.79 Å². The standard InChI is InChI=1S/C15H13Cl2NOS/c1-10(19)18-12-3-5-13(6-4-12)20-9-11-2-7-14(16)15(17)8-11/h2-8H,9H2,1H3,(H,18,19). The summed E-state index contributed by atoms with van der Waals surface area (Å²) >= 11 is 13.6. The Morgan fingerprint density at radius 3 is 2.40 bits per heavy atom. The molecule has 0 fully saturated rings. The van der Waals surface area contributed by atoms with Crippen molar-refractivity contribution in [2.24, 2.45) is 0 Å². The maximum Gasteiger partial charge on any atom is 0.221 e. The number of rotatable bonds is 4. The third kappa shape index (κ3) is 4.44. The average Bonchev–Trinajstić information content (AvgIpc) is 2.41. The second-order valence-electron chi connectivity index (χ2n) is 4.24. The summed E-state index contributed by atoms with van der Waals surface area (Å²) in [5.74, 6) is 0.748. The van der Waals surface area contributed by atoms with Gasteiger partial charge in [-0.05, 0) is 42.0 Å². The van der Waals surface area contributed by atoms with Gasteiger partial charge in [-0.15, -0.1) is 11.8 Å². The first-order valence-electron chi connectivity index (χ1n) is 5.99. The third-order valence-electron chi connectivity index (χ3n) is 2.56. The molecule has 0 aliphatic carbocycles. The molecule has 2 nitrogen and oxygen atoms in total. The number of benzene rings is 2. The van der Waals surface area contributed by atoms with Gasteiger partial charge in [0.05, 0.1) is 10.0 Å². The smallest absolute Gasteiger partial charge is 0.221 e. The molecular formula is C15H13Cl2NOS. The van der Waals surface area contributed by atoms with Crippen LogP contribution in [-0.2, 0) is 10.5 Å². The predicted molar refractivity (Wildman–Crippen MR) is 86.8 cm³/mol.